The molecule has 0 unspecified atom stereocenters. The Bertz CT molecular complexity index is 470. The SMILES string of the molecule is CO[C@@H]1CN(C(=O)c2occc2C)[C@H]2CCCO[C@@H]12. The molecule has 2 saturated heterocycles. The van der Waals surface area contributed by atoms with Crippen LogP contribution in [-0.2, 0) is 9.47 Å². The van der Waals surface area contributed by atoms with E-state index in [1.807, 2.05) is 17.9 Å². The van der Waals surface area contributed by atoms with Crippen molar-refractivity contribution in [3.63, 3.8) is 0 Å². The van der Waals surface area contributed by atoms with E-state index in [1.54, 1.807) is 13.4 Å². The Kier molecular flexibility index (Phi) is 3.33. The van der Waals surface area contributed by atoms with Gasteiger partial charge in [0.1, 0.15) is 12.2 Å². The second-order valence-electron chi connectivity index (χ2n) is 5.21. The van der Waals surface area contributed by atoms with Crippen LogP contribution in [0.25, 0.3) is 0 Å². The van der Waals surface area contributed by atoms with Gasteiger partial charge in [-0.3, -0.25) is 4.79 Å². The van der Waals surface area contributed by atoms with Crippen molar-refractivity contribution in [3.8, 4) is 0 Å². The zero-order valence-corrected chi connectivity index (χ0v) is 11.3. The van der Waals surface area contributed by atoms with E-state index in [9.17, 15) is 4.79 Å². The molecule has 19 heavy (non-hydrogen) atoms. The Labute approximate surface area is 112 Å². The van der Waals surface area contributed by atoms with E-state index in [2.05, 4.69) is 0 Å². The number of likely N-dealkylation sites (tertiary alicyclic amines) is 1. The molecular formula is C14H19NO4. The van der Waals surface area contributed by atoms with Gasteiger partial charge in [-0.25, -0.2) is 0 Å². The molecule has 0 spiro atoms. The smallest absolute Gasteiger partial charge is 0.290 e. The summed E-state index contributed by atoms with van der Waals surface area (Å²) in [6, 6.07) is 1.92. The molecule has 1 amide bonds. The average molecular weight is 265 g/mol. The summed E-state index contributed by atoms with van der Waals surface area (Å²) in [6.45, 7) is 3.21. The molecule has 2 fully saturated rings. The lowest BCUT2D eigenvalue weighted by Gasteiger charge is -2.31. The predicted octanol–water partition coefficient (Wildman–Crippen LogP) is 1.61. The second kappa shape index (κ2) is 4.98. The van der Waals surface area contributed by atoms with Crippen molar-refractivity contribution < 1.29 is 18.7 Å². The molecule has 0 aromatic carbocycles. The predicted molar refractivity (Wildman–Crippen MR) is 68.0 cm³/mol. The van der Waals surface area contributed by atoms with Gasteiger partial charge in [0.2, 0.25) is 0 Å². The van der Waals surface area contributed by atoms with Gasteiger partial charge in [-0.15, -0.1) is 0 Å². The lowest BCUT2D eigenvalue weighted by Crippen LogP contribution is -2.43. The Morgan fingerprint density at radius 1 is 1.53 bits per heavy atom. The van der Waals surface area contributed by atoms with Gasteiger partial charge in [0, 0.05) is 19.3 Å². The van der Waals surface area contributed by atoms with Crippen molar-refractivity contribution in [2.75, 3.05) is 20.3 Å². The number of hydrogen-bond donors (Lipinski definition) is 0. The number of hydrogen-bond acceptors (Lipinski definition) is 4. The van der Waals surface area contributed by atoms with Gasteiger partial charge >= 0.3 is 0 Å². The van der Waals surface area contributed by atoms with Gasteiger partial charge < -0.3 is 18.8 Å². The fourth-order valence-corrected chi connectivity index (χ4v) is 3.07. The maximum atomic E-state index is 12.6. The van der Waals surface area contributed by atoms with Crippen LogP contribution in [0.15, 0.2) is 16.7 Å². The summed E-state index contributed by atoms with van der Waals surface area (Å²) in [6.07, 6.45) is 3.47. The van der Waals surface area contributed by atoms with Crippen LogP contribution < -0.4 is 0 Å². The highest BCUT2D eigenvalue weighted by molar-refractivity contribution is 5.93. The van der Waals surface area contributed by atoms with E-state index in [0.717, 1.165) is 25.0 Å². The Balaban J connectivity index is 1.84. The molecule has 0 saturated carbocycles. The third-order valence-corrected chi connectivity index (χ3v) is 4.10. The number of nitrogens with zero attached hydrogens (tertiary/aromatic N) is 1. The quantitative estimate of drug-likeness (QED) is 0.815. The first-order valence-corrected chi connectivity index (χ1v) is 6.72. The molecular weight excluding hydrogens is 246 g/mol. The number of carbonyl (C=O) groups is 1. The van der Waals surface area contributed by atoms with Gasteiger partial charge in [-0.05, 0) is 25.8 Å². The molecule has 0 radical (unpaired) electrons. The number of methoxy groups -OCH3 is 1. The number of aryl methyl sites for hydroxylation is 1. The largest absolute Gasteiger partial charge is 0.459 e. The number of rotatable bonds is 2. The summed E-state index contributed by atoms with van der Waals surface area (Å²) < 4.78 is 16.6. The van der Waals surface area contributed by atoms with Crippen LogP contribution in [0, 0.1) is 6.92 Å². The van der Waals surface area contributed by atoms with Gasteiger partial charge in [0.05, 0.1) is 18.8 Å². The van der Waals surface area contributed by atoms with E-state index < -0.39 is 0 Å². The molecule has 3 atom stereocenters. The molecule has 0 N–H and O–H groups in total. The lowest BCUT2D eigenvalue weighted by molar-refractivity contribution is -0.0640. The van der Waals surface area contributed by atoms with E-state index in [4.69, 9.17) is 13.9 Å². The van der Waals surface area contributed by atoms with E-state index in [1.165, 1.54) is 0 Å². The lowest BCUT2D eigenvalue weighted by atomic mass is 10.0. The van der Waals surface area contributed by atoms with Crippen LogP contribution in [-0.4, -0.2) is 49.3 Å². The monoisotopic (exact) mass is 265 g/mol. The minimum Gasteiger partial charge on any atom is -0.459 e. The second-order valence-corrected chi connectivity index (χ2v) is 5.21. The van der Waals surface area contributed by atoms with Crippen molar-refractivity contribution in [2.24, 2.45) is 0 Å². The summed E-state index contributed by atoms with van der Waals surface area (Å²) in [5.74, 6) is 0.378. The number of furan rings is 1. The molecule has 0 bridgehead atoms. The van der Waals surface area contributed by atoms with Crippen LogP contribution in [0.3, 0.4) is 0 Å². The van der Waals surface area contributed by atoms with Crippen molar-refractivity contribution in [2.45, 2.75) is 38.0 Å². The van der Waals surface area contributed by atoms with Crippen molar-refractivity contribution in [1.82, 2.24) is 4.90 Å². The van der Waals surface area contributed by atoms with Crippen LogP contribution in [0.4, 0.5) is 0 Å². The Morgan fingerprint density at radius 2 is 2.37 bits per heavy atom. The normalized spacial score (nSPS) is 30.4. The van der Waals surface area contributed by atoms with Crippen LogP contribution in [0.1, 0.15) is 29.0 Å². The van der Waals surface area contributed by atoms with Gasteiger partial charge in [0.25, 0.3) is 5.91 Å². The maximum Gasteiger partial charge on any atom is 0.290 e. The zero-order chi connectivity index (χ0) is 13.4. The highest BCUT2D eigenvalue weighted by atomic mass is 16.5. The van der Waals surface area contributed by atoms with Crippen LogP contribution in [0.2, 0.25) is 0 Å². The zero-order valence-electron chi connectivity index (χ0n) is 11.3. The highest BCUT2D eigenvalue weighted by Crippen LogP contribution is 2.31. The van der Waals surface area contributed by atoms with E-state index in [-0.39, 0.29) is 24.2 Å². The van der Waals surface area contributed by atoms with E-state index in [0.29, 0.717) is 12.3 Å². The third kappa shape index (κ3) is 2.07. The first-order valence-electron chi connectivity index (χ1n) is 6.72. The number of ether oxygens (including phenoxy) is 2. The van der Waals surface area contributed by atoms with Crippen molar-refractivity contribution >= 4 is 5.91 Å². The standard InChI is InChI=1S/C14H19NO4/c1-9-5-7-19-12(9)14(16)15-8-11(17-2)13-10(15)4-3-6-18-13/h5,7,10-11,13H,3-4,6,8H2,1-2H3/t10-,11+,13+/m0/s1. The number of amides is 1. The van der Waals surface area contributed by atoms with Crippen molar-refractivity contribution in [1.29, 1.82) is 0 Å². The summed E-state index contributed by atoms with van der Waals surface area (Å²) >= 11 is 0. The van der Waals surface area contributed by atoms with E-state index >= 15 is 0 Å². The molecule has 0 aliphatic carbocycles. The molecule has 3 heterocycles. The minimum atomic E-state index is -0.0532. The van der Waals surface area contributed by atoms with Crippen molar-refractivity contribution in [3.05, 3.63) is 23.7 Å². The van der Waals surface area contributed by atoms with Crippen LogP contribution in [0.5, 0.6) is 0 Å². The highest BCUT2D eigenvalue weighted by Gasteiger charge is 2.47. The average Bonchev–Trinajstić information content (AvgIpc) is 3.01. The molecule has 2 aliphatic rings. The van der Waals surface area contributed by atoms with Gasteiger partial charge in [0.15, 0.2) is 5.76 Å². The molecule has 2 aliphatic heterocycles. The molecule has 5 nitrogen and oxygen atoms in total. The molecule has 3 rings (SSSR count). The first-order chi connectivity index (χ1) is 9.22. The summed E-state index contributed by atoms with van der Waals surface area (Å²) in [5, 5.41) is 0. The summed E-state index contributed by atoms with van der Waals surface area (Å²) in [7, 11) is 1.67. The van der Waals surface area contributed by atoms with Gasteiger partial charge in [-0.2, -0.15) is 0 Å². The molecule has 1 aromatic heterocycles. The number of fused-ring (bicyclic) bond motifs is 1. The molecule has 5 heteroatoms. The van der Waals surface area contributed by atoms with Gasteiger partial charge in [-0.1, -0.05) is 0 Å². The fraction of sp³-hybridized carbons (Fsp3) is 0.643. The molecule has 1 aromatic rings. The maximum absolute atomic E-state index is 12.6. The fourth-order valence-electron chi connectivity index (χ4n) is 3.07. The molecule has 104 valence electrons. The summed E-state index contributed by atoms with van der Waals surface area (Å²) in [4.78, 5) is 14.4. The Hall–Kier alpha value is -1.33. The number of carbonyl (C=O) groups excluding carboxylic acids is 1. The Morgan fingerprint density at radius 3 is 3.05 bits per heavy atom. The third-order valence-electron chi connectivity index (χ3n) is 4.10. The first kappa shape index (κ1) is 12.7. The van der Waals surface area contributed by atoms with Crippen LogP contribution >= 0.6 is 0 Å². The summed E-state index contributed by atoms with van der Waals surface area (Å²) in [5.41, 5.74) is 0.874. The minimum absolute atomic E-state index is 0.00188. The topological polar surface area (TPSA) is 51.9 Å².